The number of hydrogen-bond acceptors (Lipinski definition) is 4. The van der Waals surface area contributed by atoms with Crippen molar-refractivity contribution in [2.45, 2.75) is 74.4 Å². The van der Waals surface area contributed by atoms with Crippen LogP contribution in [0.3, 0.4) is 0 Å². The summed E-state index contributed by atoms with van der Waals surface area (Å²) in [5.41, 5.74) is 2.63. The molecule has 34 heavy (non-hydrogen) atoms. The number of aromatic nitrogens is 1. The van der Waals surface area contributed by atoms with Crippen molar-refractivity contribution < 1.29 is 13.2 Å². The van der Waals surface area contributed by atoms with Crippen LogP contribution in [0.1, 0.15) is 81.0 Å². The summed E-state index contributed by atoms with van der Waals surface area (Å²) in [6, 6.07) is 8.64. The van der Waals surface area contributed by atoms with E-state index in [0.717, 1.165) is 37.7 Å². The van der Waals surface area contributed by atoms with Crippen molar-refractivity contribution in [3.8, 4) is 0 Å². The minimum Gasteiger partial charge on any atom is -0.353 e. The summed E-state index contributed by atoms with van der Waals surface area (Å²) >= 11 is 6.51. The van der Waals surface area contributed by atoms with Crippen molar-refractivity contribution in [1.29, 1.82) is 0 Å². The molecule has 4 rings (SSSR count). The fourth-order valence-corrected chi connectivity index (χ4v) is 7.01. The number of hydrogen-bond donors (Lipinski definition) is 2. The lowest BCUT2D eigenvalue weighted by molar-refractivity contribution is -0.120. The standard InChI is InChI=1S/C26H31ClN2O4S/c1-2-5-25(30)28-15-14-20(23-12-11-21(17-8-9-17)26(31)29-23)18-10-13-24(22(27)16-18)34(32,33)19-6-3-4-7-19/h10-14,16-17,19H,2-9,15H2,1H3,(H,28,30)(H,29,31)/b20-14+. The topological polar surface area (TPSA) is 96.1 Å². The minimum absolute atomic E-state index is 0.0493. The fraction of sp³-hybridized carbons (Fsp3) is 0.462. The number of carbonyl (C=O) groups is 1. The van der Waals surface area contributed by atoms with E-state index >= 15 is 0 Å². The average molecular weight is 503 g/mol. The van der Waals surface area contributed by atoms with E-state index in [1.54, 1.807) is 18.2 Å². The molecule has 8 heteroatoms. The molecule has 0 atom stereocenters. The van der Waals surface area contributed by atoms with Gasteiger partial charge in [-0.25, -0.2) is 8.42 Å². The van der Waals surface area contributed by atoms with Gasteiger partial charge in [0.25, 0.3) is 5.56 Å². The molecule has 0 saturated heterocycles. The van der Waals surface area contributed by atoms with E-state index in [4.69, 9.17) is 11.6 Å². The maximum Gasteiger partial charge on any atom is 0.251 e. The highest BCUT2D eigenvalue weighted by Gasteiger charge is 2.32. The van der Waals surface area contributed by atoms with Gasteiger partial charge >= 0.3 is 0 Å². The predicted octanol–water partition coefficient (Wildman–Crippen LogP) is 4.97. The minimum atomic E-state index is -3.49. The third-order valence-corrected chi connectivity index (χ3v) is 9.36. The third-order valence-electron chi connectivity index (χ3n) is 6.62. The van der Waals surface area contributed by atoms with Gasteiger partial charge in [0.05, 0.1) is 15.2 Å². The number of sulfone groups is 1. The zero-order chi connectivity index (χ0) is 24.3. The molecular weight excluding hydrogens is 472 g/mol. The largest absolute Gasteiger partial charge is 0.353 e. The van der Waals surface area contributed by atoms with E-state index in [1.807, 2.05) is 25.1 Å². The van der Waals surface area contributed by atoms with Gasteiger partial charge in [-0.05, 0) is 61.8 Å². The maximum atomic E-state index is 13.1. The second-order valence-corrected chi connectivity index (χ2v) is 11.8. The molecule has 2 saturated carbocycles. The zero-order valence-corrected chi connectivity index (χ0v) is 21.0. The lowest BCUT2D eigenvalue weighted by Gasteiger charge is -2.15. The van der Waals surface area contributed by atoms with Crippen LogP contribution in [0.15, 0.2) is 46.1 Å². The van der Waals surface area contributed by atoms with Gasteiger partial charge in [0.2, 0.25) is 5.91 Å². The highest BCUT2D eigenvalue weighted by Crippen LogP contribution is 2.39. The normalized spacial score (nSPS) is 17.2. The van der Waals surface area contributed by atoms with Crippen molar-refractivity contribution in [2.24, 2.45) is 0 Å². The van der Waals surface area contributed by atoms with Crippen LogP contribution in [0.25, 0.3) is 5.57 Å². The number of benzene rings is 1. The summed E-state index contributed by atoms with van der Waals surface area (Å²) in [7, 11) is -3.49. The Morgan fingerprint density at radius 2 is 1.88 bits per heavy atom. The first-order chi connectivity index (χ1) is 16.3. The SMILES string of the molecule is CCCC(=O)NC/C=C(\c1ccc(S(=O)(=O)C2CCCC2)c(Cl)c1)c1ccc(C2CC2)c(=O)[nH]1. The molecule has 0 unspecified atom stereocenters. The summed E-state index contributed by atoms with van der Waals surface area (Å²) in [6.07, 6.45) is 8.24. The Hall–Kier alpha value is -2.38. The van der Waals surface area contributed by atoms with E-state index in [0.29, 0.717) is 42.0 Å². The molecule has 1 aromatic heterocycles. The van der Waals surface area contributed by atoms with Crippen LogP contribution in [-0.4, -0.2) is 31.1 Å². The molecule has 1 aromatic carbocycles. The first-order valence-corrected chi connectivity index (χ1v) is 14.0. The summed E-state index contributed by atoms with van der Waals surface area (Å²) in [6.45, 7) is 2.22. The van der Waals surface area contributed by atoms with Crippen LogP contribution in [0.2, 0.25) is 5.02 Å². The number of rotatable bonds is 9. The monoisotopic (exact) mass is 502 g/mol. The lowest BCUT2D eigenvalue weighted by atomic mass is 10.0. The van der Waals surface area contributed by atoms with Crippen LogP contribution >= 0.6 is 11.6 Å². The molecule has 0 spiro atoms. The summed E-state index contributed by atoms with van der Waals surface area (Å²) in [5, 5.41) is 2.64. The quantitative estimate of drug-likeness (QED) is 0.506. The molecule has 6 nitrogen and oxygen atoms in total. The van der Waals surface area contributed by atoms with Crippen molar-refractivity contribution in [3.05, 3.63) is 68.6 Å². The second kappa shape index (κ2) is 10.5. The number of nitrogens with one attached hydrogen (secondary N) is 2. The van der Waals surface area contributed by atoms with Crippen molar-refractivity contribution >= 4 is 32.9 Å². The number of aromatic amines is 1. The molecule has 2 aromatic rings. The molecule has 2 aliphatic carbocycles. The Morgan fingerprint density at radius 3 is 2.50 bits per heavy atom. The highest BCUT2D eigenvalue weighted by atomic mass is 35.5. The number of pyridine rings is 1. The molecule has 2 aliphatic rings. The summed E-state index contributed by atoms with van der Waals surface area (Å²) in [5.74, 6) is 0.278. The Morgan fingerprint density at radius 1 is 1.15 bits per heavy atom. The number of carbonyl (C=O) groups excluding carboxylic acids is 1. The molecule has 0 aliphatic heterocycles. The van der Waals surface area contributed by atoms with Crippen LogP contribution in [0, 0.1) is 0 Å². The van der Waals surface area contributed by atoms with Crippen molar-refractivity contribution in [2.75, 3.05) is 6.54 Å². The first kappa shape index (κ1) is 24.7. The predicted molar refractivity (Wildman–Crippen MR) is 135 cm³/mol. The van der Waals surface area contributed by atoms with Gasteiger partial charge in [-0.1, -0.05) is 49.6 Å². The fourth-order valence-electron chi connectivity index (χ4n) is 4.60. The van der Waals surface area contributed by atoms with Gasteiger partial charge in [-0.2, -0.15) is 0 Å². The molecule has 1 amide bonds. The third kappa shape index (κ3) is 5.47. The molecule has 182 valence electrons. The van der Waals surface area contributed by atoms with E-state index < -0.39 is 9.84 Å². The number of halogens is 1. The molecule has 0 radical (unpaired) electrons. The number of amides is 1. The number of H-pyrrole nitrogens is 1. The Balaban J connectivity index is 1.68. The second-order valence-electron chi connectivity index (χ2n) is 9.20. The van der Waals surface area contributed by atoms with Gasteiger partial charge in [-0.3, -0.25) is 9.59 Å². The van der Waals surface area contributed by atoms with Crippen molar-refractivity contribution in [3.63, 3.8) is 0 Å². The van der Waals surface area contributed by atoms with Crippen molar-refractivity contribution in [1.82, 2.24) is 10.3 Å². The smallest absolute Gasteiger partial charge is 0.251 e. The van der Waals surface area contributed by atoms with Gasteiger partial charge < -0.3 is 10.3 Å². The Labute approximate surface area is 205 Å². The summed E-state index contributed by atoms with van der Waals surface area (Å²) < 4.78 is 26.1. The van der Waals surface area contributed by atoms with E-state index in [-0.39, 0.29) is 33.2 Å². The molecule has 2 N–H and O–H groups in total. The van der Waals surface area contributed by atoms with Crippen LogP contribution in [0.4, 0.5) is 0 Å². The van der Waals surface area contributed by atoms with Crippen LogP contribution < -0.4 is 10.9 Å². The molecular formula is C26H31ClN2O4S. The molecule has 2 fully saturated rings. The Kier molecular flexibility index (Phi) is 7.63. The Bertz CT molecular complexity index is 1260. The van der Waals surface area contributed by atoms with Gasteiger partial charge in [0.15, 0.2) is 9.84 Å². The van der Waals surface area contributed by atoms with Crippen LogP contribution in [0.5, 0.6) is 0 Å². The maximum absolute atomic E-state index is 13.1. The van der Waals surface area contributed by atoms with Gasteiger partial charge in [-0.15, -0.1) is 0 Å². The van der Waals surface area contributed by atoms with Crippen LogP contribution in [-0.2, 0) is 14.6 Å². The van der Waals surface area contributed by atoms with Gasteiger partial charge in [0.1, 0.15) is 0 Å². The van der Waals surface area contributed by atoms with E-state index in [2.05, 4.69) is 10.3 Å². The average Bonchev–Trinajstić information content (AvgIpc) is 3.47. The zero-order valence-electron chi connectivity index (χ0n) is 19.4. The van der Waals surface area contributed by atoms with E-state index in [1.165, 1.54) is 0 Å². The highest BCUT2D eigenvalue weighted by molar-refractivity contribution is 7.92. The van der Waals surface area contributed by atoms with E-state index in [9.17, 15) is 18.0 Å². The van der Waals surface area contributed by atoms with Gasteiger partial charge in [0, 0.05) is 29.8 Å². The molecule has 1 heterocycles. The molecule has 0 bridgehead atoms. The first-order valence-electron chi connectivity index (χ1n) is 12.1. The lowest BCUT2D eigenvalue weighted by Crippen LogP contribution is -2.23. The summed E-state index contributed by atoms with van der Waals surface area (Å²) in [4.78, 5) is 27.7.